The van der Waals surface area contributed by atoms with Crippen LogP contribution in [0.3, 0.4) is 0 Å². The van der Waals surface area contributed by atoms with Crippen LogP contribution >= 0.6 is 0 Å². The van der Waals surface area contributed by atoms with Gasteiger partial charge in [-0.15, -0.1) is 0 Å². The van der Waals surface area contributed by atoms with Crippen LogP contribution in [0.4, 0.5) is 0 Å². The molecular formula is C8H20N2O3S. The second-order valence-corrected chi connectivity index (χ2v) is 3.97. The number of nitrogens with one attached hydrogen (secondary N) is 2. The second kappa shape index (κ2) is 8.31. The van der Waals surface area contributed by atoms with Crippen LogP contribution < -0.4 is 11.0 Å². The summed E-state index contributed by atoms with van der Waals surface area (Å²) < 4.78 is 20.5. The van der Waals surface area contributed by atoms with E-state index in [2.05, 4.69) is 11.0 Å². The van der Waals surface area contributed by atoms with Gasteiger partial charge in [0.15, 0.2) is 0 Å². The van der Waals surface area contributed by atoms with Crippen LogP contribution in [0.1, 0.15) is 40.5 Å². The Hall–Kier alpha value is -0.0100. The summed E-state index contributed by atoms with van der Waals surface area (Å²) in [4.78, 5) is 0. The Kier molecular flexibility index (Phi) is 8.30. The van der Waals surface area contributed by atoms with Crippen molar-refractivity contribution in [1.29, 1.82) is 0 Å². The average Bonchev–Trinajstić information content (AvgIpc) is 2.22. The fraction of sp³-hybridized carbons (Fsp3) is 1.00. The minimum Gasteiger partial charge on any atom is -0.194 e. The maximum absolute atomic E-state index is 11.0. The van der Waals surface area contributed by atoms with E-state index >= 15 is 0 Å². The van der Waals surface area contributed by atoms with Gasteiger partial charge in [0.25, 0.3) is 0 Å². The molecule has 2 unspecified atom stereocenters. The molecule has 0 aromatic heterocycles. The lowest BCUT2D eigenvalue weighted by Gasteiger charge is -2.12. The standard InChI is InChI=1S/C8H20N2O3S/c1-5-7(3)9-12-14(11)13-10-8(4)6-2/h7-10H,5-6H2,1-4H3. The van der Waals surface area contributed by atoms with Crippen molar-refractivity contribution >= 4 is 11.4 Å². The van der Waals surface area contributed by atoms with Gasteiger partial charge in [-0.05, 0) is 26.7 Å². The van der Waals surface area contributed by atoms with Crippen molar-refractivity contribution in [2.24, 2.45) is 0 Å². The minimum absolute atomic E-state index is 0.158. The van der Waals surface area contributed by atoms with Crippen LogP contribution in [0, 0.1) is 0 Å². The molecule has 0 saturated carbocycles. The van der Waals surface area contributed by atoms with Gasteiger partial charge in [-0.1, -0.05) is 13.8 Å². The number of hydroxylamine groups is 2. The number of hydrogen-bond acceptors (Lipinski definition) is 5. The second-order valence-electron chi connectivity index (χ2n) is 3.23. The topological polar surface area (TPSA) is 59.6 Å². The fourth-order valence-corrected chi connectivity index (χ4v) is 0.946. The molecule has 0 radical (unpaired) electrons. The van der Waals surface area contributed by atoms with Gasteiger partial charge >= 0.3 is 11.4 Å². The van der Waals surface area contributed by atoms with E-state index in [1.165, 1.54) is 0 Å². The molecule has 86 valence electrons. The van der Waals surface area contributed by atoms with Gasteiger partial charge in [-0.25, -0.2) is 0 Å². The lowest BCUT2D eigenvalue weighted by molar-refractivity contribution is 0.105. The maximum atomic E-state index is 11.0. The quantitative estimate of drug-likeness (QED) is 0.607. The summed E-state index contributed by atoms with van der Waals surface area (Å²) in [6.45, 7) is 7.86. The molecule has 0 aliphatic heterocycles. The summed E-state index contributed by atoms with van der Waals surface area (Å²) in [7, 11) is 0. The predicted octanol–water partition coefficient (Wildman–Crippen LogP) is 1.20. The Bertz CT molecular complexity index is 153. The van der Waals surface area contributed by atoms with E-state index in [1.807, 2.05) is 27.7 Å². The van der Waals surface area contributed by atoms with Gasteiger partial charge in [-0.3, -0.25) is 0 Å². The smallest absolute Gasteiger partial charge is 0.194 e. The summed E-state index contributed by atoms with van der Waals surface area (Å²) in [6, 6.07) is 0.317. The van der Waals surface area contributed by atoms with E-state index in [-0.39, 0.29) is 12.1 Å². The van der Waals surface area contributed by atoms with E-state index in [1.54, 1.807) is 0 Å². The molecule has 0 rings (SSSR count). The molecule has 2 atom stereocenters. The number of hydrogen-bond donors (Lipinski definition) is 2. The molecule has 0 spiro atoms. The summed E-state index contributed by atoms with van der Waals surface area (Å²) in [5.74, 6) is 0. The summed E-state index contributed by atoms with van der Waals surface area (Å²) in [5, 5.41) is 0. The monoisotopic (exact) mass is 224 g/mol. The molecule has 14 heavy (non-hydrogen) atoms. The van der Waals surface area contributed by atoms with Gasteiger partial charge in [0, 0.05) is 12.1 Å². The highest BCUT2D eigenvalue weighted by atomic mass is 32.2. The van der Waals surface area contributed by atoms with Crippen LogP contribution in [-0.4, -0.2) is 16.3 Å². The Balaban J connectivity index is 3.46. The van der Waals surface area contributed by atoms with E-state index < -0.39 is 11.4 Å². The van der Waals surface area contributed by atoms with Gasteiger partial charge in [0.05, 0.1) is 0 Å². The highest BCUT2D eigenvalue weighted by Gasteiger charge is 2.06. The van der Waals surface area contributed by atoms with Gasteiger partial charge in [-0.2, -0.15) is 23.7 Å². The first-order valence-corrected chi connectivity index (χ1v) is 5.87. The lowest BCUT2D eigenvalue weighted by Crippen LogP contribution is -2.31. The molecule has 6 heteroatoms. The van der Waals surface area contributed by atoms with Crippen molar-refractivity contribution in [2.75, 3.05) is 0 Å². The molecule has 0 heterocycles. The van der Waals surface area contributed by atoms with E-state index in [9.17, 15) is 4.21 Å². The normalized spacial score (nSPS) is 17.7. The first-order valence-electron chi connectivity index (χ1n) is 4.87. The number of rotatable bonds is 8. The average molecular weight is 224 g/mol. The van der Waals surface area contributed by atoms with Crippen molar-refractivity contribution in [3.05, 3.63) is 0 Å². The Morgan fingerprint density at radius 2 is 1.43 bits per heavy atom. The Labute approximate surface area is 88.3 Å². The largest absolute Gasteiger partial charge is 0.340 e. The van der Waals surface area contributed by atoms with Crippen molar-refractivity contribution in [3.63, 3.8) is 0 Å². The molecule has 0 amide bonds. The molecule has 0 aromatic rings. The third-order valence-corrected chi connectivity index (χ3v) is 2.32. The van der Waals surface area contributed by atoms with E-state index in [0.717, 1.165) is 12.8 Å². The van der Waals surface area contributed by atoms with Crippen molar-refractivity contribution in [2.45, 2.75) is 52.6 Å². The van der Waals surface area contributed by atoms with Crippen LogP contribution in [0.5, 0.6) is 0 Å². The van der Waals surface area contributed by atoms with Crippen molar-refractivity contribution in [1.82, 2.24) is 11.0 Å². The summed E-state index contributed by atoms with van der Waals surface area (Å²) in [6.07, 6.45) is 1.80. The summed E-state index contributed by atoms with van der Waals surface area (Å²) in [5.41, 5.74) is 5.22. The molecule has 0 aromatic carbocycles. The highest BCUT2D eigenvalue weighted by Crippen LogP contribution is 1.92. The van der Waals surface area contributed by atoms with Crippen LogP contribution in [-0.2, 0) is 19.9 Å². The van der Waals surface area contributed by atoms with Crippen molar-refractivity contribution < 1.29 is 12.8 Å². The zero-order chi connectivity index (χ0) is 11.0. The molecule has 2 N–H and O–H groups in total. The molecular weight excluding hydrogens is 204 g/mol. The van der Waals surface area contributed by atoms with Gasteiger partial charge < -0.3 is 0 Å². The lowest BCUT2D eigenvalue weighted by atomic mass is 10.3. The first kappa shape index (κ1) is 14.0. The molecule has 0 fully saturated rings. The van der Waals surface area contributed by atoms with Crippen LogP contribution in [0.2, 0.25) is 0 Å². The molecule has 5 nitrogen and oxygen atoms in total. The Morgan fingerprint density at radius 1 is 1.07 bits per heavy atom. The highest BCUT2D eigenvalue weighted by molar-refractivity contribution is 7.75. The third-order valence-electron chi connectivity index (χ3n) is 1.86. The fourth-order valence-electron chi connectivity index (χ4n) is 0.427. The minimum atomic E-state index is -1.79. The molecule has 0 aliphatic rings. The van der Waals surface area contributed by atoms with Gasteiger partial charge in [0.1, 0.15) is 0 Å². The predicted molar refractivity (Wildman–Crippen MR) is 56.1 cm³/mol. The third kappa shape index (κ3) is 7.40. The zero-order valence-electron chi connectivity index (χ0n) is 9.20. The van der Waals surface area contributed by atoms with E-state index in [0.29, 0.717) is 0 Å². The molecule has 0 bridgehead atoms. The van der Waals surface area contributed by atoms with Crippen LogP contribution in [0.15, 0.2) is 0 Å². The molecule has 0 saturated heterocycles. The first-order chi connectivity index (χ1) is 6.60. The van der Waals surface area contributed by atoms with Crippen molar-refractivity contribution in [3.8, 4) is 0 Å². The van der Waals surface area contributed by atoms with E-state index in [4.69, 9.17) is 8.57 Å². The maximum Gasteiger partial charge on any atom is 0.340 e. The van der Waals surface area contributed by atoms with Gasteiger partial charge in [0.2, 0.25) is 0 Å². The zero-order valence-corrected chi connectivity index (χ0v) is 10.0. The SMILES string of the molecule is CCC(C)NOS(=O)ONC(C)CC. The molecule has 0 aliphatic carbocycles. The summed E-state index contributed by atoms with van der Waals surface area (Å²) >= 11 is -1.79. The van der Waals surface area contributed by atoms with Crippen LogP contribution in [0.25, 0.3) is 0 Å². The Morgan fingerprint density at radius 3 is 1.71 bits per heavy atom.